The smallest absolute Gasteiger partial charge is 0.258 e. The molecule has 0 aliphatic carbocycles. The lowest BCUT2D eigenvalue weighted by molar-refractivity contribution is -0.135. The van der Waals surface area contributed by atoms with Crippen molar-refractivity contribution >= 4 is 17.5 Å². The van der Waals surface area contributed by atoms with Gasteiger partial charge in [0.1, 0.15) is 11.6 Å². The van der Waals surface area contributed by atoms with Crippen molar-refractivity contribution in [3.8, 4) is 0 Å². The third kappa shape index (κ3) is 3.74. The fraction of sp³-hybridized carbons (Fsp3) is 0.300. The molecular formula is C20H20F2N2O2. The maximum absolute atomic E-state index is 13.7. The van der Waals surface area contributed by atoms with E-state index in [1.54, 1.807) is 17.0 Å². The maximum Gasteiger partial charge on any atom is 0.258 e. The van der Waals surface area contributed by atoms with Gasteiger partial charge in [0.2, 0.25) is 5.91 Å². The van der Waals surface area contributed by atoms with E-state index in [1.807, 2.05) is 19.9 Å². The highest BCUT2D eigenvalue weighted by Gasteiger charge is 2.23. The van der Waals surface area contributed by atoms with Crippen LogP contribution in [0.3, 0.4) is 0 Å². The van der Waals surface area contributed by atoms with Gasteiger partial charge in [-0.15, -0.1) is 0 Å². The van der Waals surface area contributed by atoms with Crippen molar-refractivity contribution in [3.63, 3.8) is 0 Å². The number of benzene rings is 2. The van der Waals surface area contributed by atoms with E-state index < -0.39 is 17.5 Å². The highest BCUT2D eigenvalue weighted by atomic mass is 19.1. The van der Waals surface area contributed by atoms with E-state index >= 15 is 0 Å². The van der Waals surface area contributed by atoms with Gasteiger partial charge in [0.25, 0.3) is 5.91 Å². The van der Waals surface area contributed by atoms with Gasteiger partial charge in [0.05, 0.1) is 5.56 Å². The van der Waals surface area contributed by atoms with Crippen LogP contribution in [-0.2, 0) is 17.8 Å². The van der Waals surface area contributed by atoms with E-state index in [-0.39, 0.29) is 17.4 Å². The fourth-order valence-electron chi connectivity index (χ4n) is 3.06. The predicted octanol–water partition coefficient (Wildman–Crippen LogP) is 3.76. The maximum atomic E-state index is 13.7. The summed E-state index contributed by atoms with van der Waals surface area (Å²) in [4.78, 5) is 26.2. The van der Waals surface area contributed by atoms with Crippen molar-refractivity contribution in [1.82, 2.24) is 4.90 Å². The Bertz CT molecular complexity index is 865. The summed E-state index contributed by atoms with van der Waals surface area (Å²) < 4.78 is 26.7. The molecule has 0 atom stereocenters. The molecule has 1 heterocycles. The van der Waals surface area contributed by atoms with Crippen LogP contribution in [0.25, 0.3) is 0 Å². The lowest BCUT2D eigenvalue weighted by Gasteiger charge is -2.30. The zero-order valence-electron chi connectivity index (χ0n) is 14.7. The van der Waals surface area contributed by atoms with Crippen molar-refractivity contribution in [2.24, 2.45) is 5.92 Å². The average molecular weight is 358 g/mol. The first-order valence-corrected chi connectivity index (χ1v) is 8.52. The Morgan fingerprint density at radius 3 is 2.54 bits per heavy atom. The molecule has 3 rings (SSSR count). The molecule has 0 unspecified atom stereocenters. The first kappa shape index (κ1) is 18.0. The van der Waals surface area contributed by atoms with Crippen LogP contribution in [0.1, 0.15) is 35.3 Å². The number of fused-ring (bicyclic) bond motifs is 1. The summed E-state index contributed by atoms with van der Waals surface area (Å²) in [6.07, 6.45) is 0.759. The van der Waals surface area contributed by atoms with E-state index in [0.29, 0.717) is 24.8 Å². The molecule has 1 aliphatic heterocycles. The van der Waals surface area contributed by atoms with Gasteiger partial charge in [-0.2, -0.15) is 0 Å². The van der Waals surface area contributed by atoms with Gasteiger partial charge in [-0.05, 0) is 41.8 Å². The van der Waals surface area contributed by atoms with Gasteiger partial charge < -0.3 is 10.2 Å². The molecule has 4 nitrogen and oxygen atoms in total. The predicted molar refractivity (Wildman–Crippen MR) is 94.7 cm³/mol. The summed E-state index contributed by atoms with van der Waals surface area (Å²) in [6, 6.07) is 8.29. The van der Waals surface area contributed by atoms with E-state index in [1.165, 1.54) is 0 Å². The molecular weight excluding hydrogens is 338 g/mol. The summed E-state index contributed by atoms with van der Waals surface area (Å²) in [5.74, 6) is -2.26. The van der Waals surface area contributed by atoms with Gasteiger partial charge in [-0.1, -0.05) is 19.9 Å². The second kappa shape index (κ2) is 7.23. The molecule has 2 aromatic rings. The zero-order chi connectivity index (χ0) is 18.8. The van der Waals surface area contributed by atoms with Gasteiger partial charge in [-0.25, -0.2) is 8.78 Å². The normalized spacial score (nSPS) is 13.5. The van der Waals surface area contributed by atoms with Crippen LogP contribution < -0.4 is 5.32 Å². The van der Waals surface area contributed by atoms with E-state index in [9.17, 15) is 18.4 Å². The van der Waals surface area contributed by atoms with Crippen LogP contribution in [0, 0.1) is 17.6 Å². The number of halogens is 2. The number of carbonyl (C=O) groups excluding carboxylic acids is 2. The molecule has 2 aromatic carbocycles. The van der Waals surface area contributed by atoms with Crippen LogP contribution >= 0.6 is 0 Å². The minimum atomic E-state index is -0.908. The van der Waals surface area contributed by atoms with Crippen LogP contribution in [-0.4, -0.2) is 23.3 Å². The quantitative estimate of drug-likeness (QED) is 0.908. The molecule has 0 bridgehead atoms. The van der Waals surface area contributed by atoms with E-state index in [4.69, 9.17) is 0 Å². The van der Waals surface area contributed by atoms with Gasteiger partial charge >= 0.3 is 0 Å². The molecule has 0 saturated heterocycles. The van der Waals surface area contributed by atoms with Crippen molar-refractivity contribution in [2.75, 3.05) is 11.9 Å². The van der Waals surface area contributed by atoms with Gasteiger partial charge in [0.15, 0.2) is 0 Å². The number of amides is 2. The zero-order valence-corrected chi connectivity index (χ0v) is 14.7. The molecule has 0 aromatic heterocycles. The fourth-order valence-corrected chi connectivity index (χ4v) is 3.06. The number of anilines is 1. The van der Waals surface area contributed by atoms with Crippen LogP contribution in [0.15, 0.2) is 36.4 Å². The Balaban J connectivity index is 1.77. The Morgan fingerprint density at radius 1 is 1.08 bits per heavy atom. The minimum Gasteiger partial charge on any atom is -0.338 e. The molecule has 0 saturated carbocycles. The van der Waals surface area contributed by atoms with E-state index in [2.05, 4.69) is 5.32 Å². The number of nitrogens with zero attached hydrogens (tertiary/aromatic N) is 1. The minimum absolute atomic E-state index is 0.0686. The molecule has 0 radical (unpaired) electrons. The second-order valence-corrected chi connectivity index (χ2v) is 6.73. The summed E-state index contributed by atoms with van der Waals surface area (Å²) in [5.41, 5.74) is 2.38. The molecule has 0 spiro atoms. The third-order valence-corrected chi connectivity index (χ3v) is 4.46. The number of nitrogens with one attached hydrogen (secondary N) is 1. The Morgan fingerprint density at radius 2 is 1.85 bits per heavy atom. The third-order valence-electron chi connectivity index (χ3n) is 4.46. The molecule has 1 aliphatic rings. The number of carbonyl (C=O) groups is 2. The summed E-state index contributed by atoms with van der Waals surface area (Å²) in [5, 5.41) is 2.63. The average Bonchev–Trinajstić information content (AvgIpc) is 2.60. The SMILES string of the molecule is CC(C)C(=O)N1CCc2ccc(NC(=O)c3ccc(F)cc3F)cc2C1. The second-order valence-electron chi connectivity index (χ2n) is 6.73. The summed E-state index contributed by atoms with van der Waals surface area (Å²) in [6.45, 7) is 4.90. The first-order chi connectivity index (χ1) is 12.3. The van der Waals surface area contributed by atoms with Crippen LogP contribution in [0.4, 0.5) is 14.5 Å². The Hall–Kier alpha value is -2.76. The summed E-state index contributed by atoms with van der Waals surface area (Å²) >= 11 is 0. The highest BCUT2D eigenvalue weighted by molar-refractivity contribution is 6.04. The standard InChI is InChI=1S/C20H20F2N2O2/c1-12(2)20(26)24-8-7-13-3-5-16(9-14(13)11-24)23-19(25)17-6-4-15(21)10-18(17)22/h3-6,9-10,12H,7-8,11H2,1-2H3,(H,23,25). The topological polar surface area (TPSA) is 49.4 Å². The molecule has 2 amide bonds. The number of rotatable bonds is 3. The first-order valence-electron chi connectivity index (χ1n) is 8.52. The number of hydrogen-bond donors (Lipinski definition) is 1. The highest BCUT2D eigenvalue weighted by Crippen LogP contribution is 2.24. The van der Waals surface area contributed by atoms with Crippen LogP contribution in [0.2, 0.25) is 0 Å². The monoisotopic (exact) mass is 358 g/mol. The van der Waals surface area contributed by atoms with Crippen molar-refractivity contribution in [2.45, 2.75) is 26.8 Å². The largest absolute Gasteiger partial charge is 0.338 e. The molecule has 26 heavy (non-hydrogen) atoms. The van der Waals surface area contributed by atoms with Gasteiger partial charge in [-0.3, -0.25) is 9.59 Å². The Labute approximate surface area is 150 Å². The molecule has 1 N–H and O–H groups in total. The Kier molecular flexibility index (Phi) is 5.02. The lowest BCUT2D eigenvalue weighted by Crippen LogP contribution is -2.38. The lowest BCUT2D eigenvalue weighted by atomic mass is 9.98. The summed E-state index contributed by atoms with van der Waals surface area (Å²) in [7, 11) is 0. The number of hydrogen-bond acceptors (Lipinski definition) is 2. The molecule has 136 valence electrons. The van der Waals surface area contributed by atoms with Gasteiger partial charge in [0, 0.05) is 30.8 Å². The van der Waals surface area contributed by atoms with Crippen molar-refractivity contribution < 1.29 is 18.4 Å². The molecule has 0 fully saturated rings. The van der Waals surface area contributed by atoms with Crippen molar-refractivity contribution in [1.29, 1.82) is 0 Å². The van der Waals surface area contributed by atoms with E-state index in [0.717, 1.165) is 29.7 Å². The molecule has 6 heteroatoms. The van der Waals surface area contributed by atoms with Crippen molar-refractivity contribution in [3.05, 3.63) is 64.7 Å². The van der Waals surface area contributed by atoms with Crippen LogP contribution in [0.5, 0.6) is 0 Å².